The second-order valence-corrected chi connectivity index (χ2v) is 7.83. The summed E-state index contributed by atoms with van der Waals surface area (Å²) in [4.78, 5) is 24.7. The van der Waals surface area contributed by atoms with Crippen molar-refractivity contribution in [2.45, 2.75) is 37.9 Å². The zero-order chi connectivity index (χ0) is 20.5. The Morgan fingerprint density at radius 1 is 1.14 bits per heavy atom. The lowest BCUT2D eigenvalue weighted by molar-refractivity contribution is -0.123. The second-order valence-electron chi connectivity index (χ2n) is 6.64. The first kappa shape index (κ1) is 20.8. The third-order valence-electron chi connectivity index (χ3n) is 4.34. The van der Waals surface area contributed by atoms with Crippen LogP contribution in [0.1, 0.15) is 38.2 Å². The van der Waals surface area contributed by atoms with Crippen molar-refractivity contribution in [1.29, 1.82) is 0 Å². The topological polar surface area (TPSA) is 82.9 Å². The third kappa shape index (κ3) is 6.29. The molecule has 1 heterocycles. The molecule has 0 bridgehead atoms. The fraction of sp³-hybridized carbons (Fsp3) is 0.273. The predicted molar refractivity (Wildman–Crippen MR) is 119 cm³/mol. The number of rotatable bonds is 7. The maximum atomic E-state index is 12.6. The van der Waals surface area contributed by atoms with Gasteiger partial charge in [0.05, 0.1) is 5.71 Å². The van der Waals surface area contributed by atoms with Gasteiger partial charge in [0.1, 0.15) is 5.25 Å². The molecule has 1 fully saturated rings. The summed E-state index contributed by atoms with van der Waals surface area (Å²) in [7, 11) is 0. The average Bonchev–Trinajstić information content (AvgIpc) is 2.75. The van der Waals surface area contributed by atoms with Crippen molar-refractivity contribution in [3.63, 3.8) is 0 Å². The number of hydrogen-bond acceptors (Lipinski definition) is 5. The van der Waals surface area contributed by atoms with E-state index in [0.717, 1.165) is 30.5 Å². The lowest BCUT2D eigenvalue weighted by Crippen LogP contribution is -2.41. The standard InChI is InChI=1S/C22H24N4O2S/c1-2-3-14-18(16-10-6-4-7-11-16)25-26-22-24-20(27)15-19(29-22)21(28)23-17-12-8-5-9-13-17/h4-13,19H,2-3,14-15H2,1H3,(H,23,28)(H,24,26,27)/b25-18+/t19-/m0/s1. The van der Waals surface area contributed by atoms with Crippen molar-refractivity contribution in [1.82, 2.24) is 5.32 Å². The fourth-order valence-corrected chi connectivity index (χ4v) is 3.75. The van der Waals surface area contributed by atoms with E-state index in [9.17, 15) is 9.59 Å². The number of amidine groups is 1. The van der Waals surface area contributed by atoms with Gasteiger partial charge in [-0.1, -0.05) is 73.6 Å². The van der Waals surface area contributed by atoms with E-state index >= 15 is 0 Å². The summed E-state index contributed by atoms with van der Waals surface area (Å²) >= 11 is 1.22. The van der Waals surface area contributed by atoms with E-state index in [-0.39, 0.29) is 18.2 Å². The summed E-state index contributed by atoms with van der Waals surface area (Å²) in [5, 5.41) is 14.0. The van der Waals surface area contributed by atoms with E-state index in [2.05, 4.69) is 27.8 Å². The molecule has 1 saturated heterocycles. The van der Waals surface area contributed by atoms with Crippen LogP contribution in [0.3, 0.4) is 0 Å². The second kappa shape index (κ2) is 10.6. The highest BCUT2D eigenvalue weighted by molar-refractivity contribution is 8.15. The van der Waals surface area contributed by atoms with Crippen LogP contribution in [0, 0.1) is 0 Å². The molecule has 6 nitrogen and oxygen atoms in total. The number of anilines is 1. The normalized spacial score (nSPS) is 18.4. The van der Waals surface area contributed by atoms with E-state index in [1.54, 1.807) is 0 Å². The van der Waals surface area contributed by atoms with Crippen LogP contribution < -0.4 is 10.6 Å². The third-order valence-corrected chi connectivity index (χ3v) is 5.41. The molecule has 0 unspecified atom stereocenters. The minimum Gasteiger partial charge on any atom is -0.325 e. The van der Waals surface area contributed by atoms with Gasteiger partial charge in [-0.05, 0) is 30.5 Å². The Morgan fingerprint density at radius 2 is 1.83 bits per heavy atom. The minimum absolute atomic E-state index is 0.105. The molecule has 2 aromatic rings. The van der Waals surface area contributed by atoms with E-state index in [4.69, 9.17) is 0 Å². The Hall–Kier alpha value is -2.93. The number of hydrogen-bond donors (Lipinski definition) is 2. The number of thioether (sulfide) groups is 1. The quantitative estimate of drug-likeness (QED) is 0.532. The van der Waals surface area contributed by atoms with Crippen LogP contribution in [0.2, 0.25) is 0 Å². The summed E-state index contributed by atoms with van der Waals surface area (Å²) in [5.41, 5.74) is 2.58. The Balaban J connectivity index is 1.74. The summed E-state index contributed by atoms with van der Waals surface area (Å²) in [6.07, 6.45) is 2.96. The molecule has 150 valence electrons. The predicted octanol–water partition coefficient (Wildman–Crippen LogP) is 4.20. The van der Waals surface area contributed by atoms with Crippen molar-refractivity contribution >= 4 is 40.1 Å². The Labute approximate surface area is 174 Å². The molecular weight excluding hydrogens is 384 g/mol. The number of nitrogens with zero attached hydrogens (tertiary/aromatic N) is 2. The van der Waals surface area contributed by atoms with E-state index in [1.807, 2.05) is 60.7 Å². The highest BCUT2D eigenvalue weighted by atomic mass is 32.2. The molecule has 29 heavy (non-hydrogen) atoms. The minimum atomic E-state index is -0.547. The SMILES string of the molecule is CCCC/C(=N\N=C1/NC(=O)C[C@@H](C(=O)Nc2ccccc2)S1)c1ccccc1. The summed E-state index contributed by atoms with van der Waals surface area (Å²) < 4.78 is 0. The molecular formula is C22H24N4O2S. The number of carbonyl (C=O) groups is 2. The molecule has 1 aliphatic heterocycles. The largest absolute Gasteiger partial charge is 0.325 e. The van der Waals surface area contributed by atoms with Crippen molar-refractivity contribution in [3.8, 4) is 0 Å². The van der Waals surface area contributed by atoms with E-state index in [1.165, 1.54) is 11.8 Å². The van der Waals surface area contributed by atoms with Crippen LogP contribution in [-0.2, 0) is 9.59 Å². The van der Waals surface area contributed by atoms with Crippen molar-refractivity contribution < 1.29 is 9.59 Å². The molecule has 0 spiro atoms. The van der Waals surface area contributed by atoms with E-state index in [0.29, 0.717) is 10.9 Å². The van der Waals surface area contributed by atoms with Crippen molar-refractivity contribution in [2.75, 3.05) is 5.32 Å². The van der Waals surface area contributed by atoms with Gasteiger partial charge in [0.2, 0.25) is 11.8 Å². The molecule has 2 aromatic carbocycles. The first-order valence-electron chi connectivity index (χ1n) is 9.68. The van der Waals surface area contributed by atoms with Gasteiger partial charge in [-0.25, -0.2) is 0 Å². The van der Waals surface area contributed by atoms with Gasteiger partial charge in [0.15, 0.2) is 5.17 Å². The van der Waals surface area contributed by atoms with Gasteiger partial charge in [-0.3, -0.25) is 9.59 Å². The number of benzene rings is 2. The van der Waals surface area contributed by atoms with Gasteiger partial charge >= 0.3 is 0 Å². The number of para-hydroxylation sites is 1. The summed E-state index contributed by atoms with van der Waals surface area (Å²) in [6.45, 7) is 2.13. The molecule has 2 amide bonds. The highest BCUT2D eigenvalue weighted by Gasteiger charge is 2.30. The first-order chi connectivity index (χ1) is 14.2. The molecule has 0 aromatic heterocycles. The number of unbranched alkanes of at least 4 members (excludes halogenated alkanes) is 1. The number of carbonyl (C=O) groups excluding carboxylic acids is 2. The number of nitrogens with one attached hydrogen (secondary N) is 2. The fourth-order valence-electron chi connectivity index (χ4n) is 2.82. The van der Waals surface area contributed by atoms with Crippen LogP contribution in [0.5, 0.6) is 0 Å². The monoisotopic (exact) mass is 408 g/mol. The Morgan fingerprint density at radius 3 is 2.52 bits per heavy atom. The summed E-state index contributed by atoms with van der Waals surface area (Å²) in [6, 6.07) is 19.1. The molecule has 1 atom stereocenters. The zero-order valence-corrected chi connectivity index (χ0v) is 17.1. The van der Waals surface area contributed by atoms with Crippen molar-refractivity contribution in [3.05, 3.63) is 66.2 Å². The number of amides is 2. The average molecular weight is 409 g/mol. The van der Waals surface area contributed by atoms with Gasteiger partial charge in [-0.2, -0.15) is 5.10 Å². The van der Waals surface area contributed by atoms with Gasteiger partial charge in [0.25, 0.3) is 0 Å². The lowest BCUT2D eigenvalue weighted by atomic mass is 10.1. The zero-order valence-electron chi connectivity index (χ0n) is 16.3. The van der Waals surface area contributed by atoms with Crippen LogP contribution in [0.4, 0.5) is 5.69 Å². The Bertz CT molecular complexity index is 898. The molecule has 7 heteroatoms. The molecule has 1 aliphatic rings. The molecule has 3 rings (SSSR count). The lowest BCUT2D eigenvalue weighted by Gasteiger charge is -2.21. The van der Waals surface area contributed by atoms with Crippen LogP contribution in [0.25, 0.3) is 0 Å². The maximum absolute atomic E-state index is 12.6. The Kier molecular flexibility index (Phi) is 7.58. The maximum Gasteiger partial charge on any atom is 0.238 e. The smallest absolute Gasteiger partial charge is 0.238 e. The van der Waals surface area contributed by atoms with Gasteiger partial charge < -0.3 is 10.6 Å². The summed E-state index contributed by atoms with van der Waals surface area (Å²) in [5.74, 6) is -0.456. The molecule has 0 aliphatic carbocycles. The molecule has 0 radical (unpaired) electrons. The van der Waals surface area contributed by atoms with E-state index < -0.39 is 5.25 Å². The first-order valence-corrected chi connectivity index (χ1v) is 10.6. The van der Waals surface area contributed by atoms with Crippen molar-refractivity contribution in [2.24, 2.45) is 10.2 Å². The van der Waals surface area contributed by atoms with Crippen LogP contribution >= 0.6 is 11.8 Å². The molecule has 0 saturated carbocycles. The highest BCUT2D eigenvalue weighted by Crippen LogP contribution is 2.23. The molecule has 2 N–H and O–H groups in total. The van der Waals surface area contributed by atoms with Gasteiger partial charge in [0, 0.05) is 12.1 Å². The van der Waals surface area contributed by atoms with Crippen LogP contribution in [0.15, 0.2) is 70.9 Å². The van der Waals surface area contributed by atoms with Crippen LogP contribution in [-0.4, -0.2) is 27.9 Å². The van der Waals surface area contributed by atoms with Gasteiger partial charge in [-0.15, -0.1) is 5.10 Å².